The van der Waals surface area contributed by atoms with E-state index in [9.17, 15) is 4.79 Å². The first-order chi connectivity index (χ1) is 10.8. The van der Waals surface area contributed by atoms with Crippen LogP contribution < -0.4 is 10.1 Å². The van der Waals surface area contributed by atoms with Crippen LogP contribution in [-0.2, 0) is 0 Å². The van der Waals surface area contributed by atoms with E-state index < -0.39 is 0 Å². The van der Waals surface area contributed by atoms with Gasteiger partial charge in [-0.2, -0.15) is 0 Å². The molecule has 3 rings (SSSR count). The van der Waals surface area contributed by atoms with Crippen molar-refractivity contribution in [3.05, 3.63) is 36.5 Å². The van der Waals surface area contributed by atoms with Gasteiger partial charge in [-0.3, -0.25) is 4.98 Å². The van der Waals surface area contributed by atoms with Gasteiger partial charge >= 0.3 is 6.03 Å². The smallest absolute Gasteiger partial charge is 0.317 e. The van der Waals surface area contributed by atoms with Crippen LogP contribution in [0, 0.1) is 0 Å². The van der Waals surface area contributed by atoms with Crippen molar-refractivity contribution in [2.45, 2.75) is 25.9 Å². The fourth-order valence-corrected chi connectivity index (χ4v) is 2.70. The van der Waals surface area contributed by atoms with Crippen LogP contribution in [0.4, 0.5) is 4.79 Å². The van der Waals surface area contributed by atoms with E-state index in [-0.39, 0.29) is 12.1 Å². The normalized spacial score (nSPS) is 17.7. The first-order valence-corrected chi connectivity index (χ1v) is 7.81. The van der Waals surface area contributed by atoms with Gasteiger partial charge in [0.05, 0.1) is 6.54 Å². The molecular formula is C17H21N3O2. The van der Waals surface area contributed by atoms with Crippen molar-refractivity contribution in [1.29, 1.82) is 0 Å². The molecule has 116 valence electrons. The molecule has 0 aliphatic carbocycles. The van der Waals surface area contributed by atoms with Crippen molar-refractivity contribution in [3.63, 3.8) is 0 Å². The first kappa shape index (κ1) is 14.6. The van der Waals surface area contributed by atoms with E-state index in [1.165, 1.54) is 0 Å². The molecule has 1 saturated heterocycles. The monoisotopic (exact) mass is 299 g/mol. The summed E-state index contributed by atoms with van der Waals surface area (Å²) in [4.78, 5) is 18.2. The summed E-state index contributed by atoms with van der Waals surface area (Å²) in [6.45, 7) is 4.12. The van der Waals surface area contributed by atoms with Gasteiger partial charge in [0.25, 0.3) is 0 Å². The fourth-order valence-electron chi connectivity index (χ4n) is 2.70. The zero-order chi connectivity index (χ0) is 15.4. The summed E-state index contributed by atoms with van der Waals surface area (Å²) in [6, 6.07) is 9.88. The molecule has 1 aliphatic heterocycles. The van der Waals surface area contributed by atoms with E-state index >= 15 is 0 Å². The molecule has 22 heavy (non-hydrogen) atoms. The highest BCUT2D eigenvalue weighted by Crippen LogP contribution is 2.26. The molecule has 1 aromatic heterocycles. The molecule has 5 heteroatoms. The Morgan fingerprint density at radius 3 is 3.14 bits per heavy atom. The van der Waals surface area contributed by atoms with Crippen LogP contribution in [0.15, 0.2) is 36.5 Å². The minimum atomic E-state index is 0.00370. The van der Waals surface area contributed by atoms with Gasteiger partial charge < -0.3 is 15.0 Å². The second-order valence-electron chi connectivity index (χ2n) is 5.54. The number of ether oxygens (including phenoxy) is 1. The van der Waals surface area contributed by atoms with Crippen molar-refractivity contribution >= 4 is 16.9 Å². The minimum absolute atomic E-state index is 0.00370. The number of hydrogen-bond acceptors (Lipinski definition) is 3. The number of hydrogen-bond donors (Lipinski definition) is 1. The predicted octanol–water partition coefficient (Wildman–Crippen LogP) is 2.81. The lowest BCUT2D eigenvalue weighted by Crippen LogP contribution is -2.39. The number of aromatic nitrogens is 1. The minimum Gasteiger partial charge on any atom is -0.486 e. The topological polar surface area (TPSA) is 54.5 Å². The molecule has 2 aromatic rings. The maximum atomic E-state index is 12.0. The Labute approximate surface area is 130 Å². The van der Waals surface area contributed by atoms with Gasteiger partial charge in [-0.05, 0) is 18.6 Å². The Balaban J connectivity index is 1.65. The predicted molar refractivity (Wildman–Crippen MR) is 86.0 cm³/mol. The molecule has 1 aliphatic rings. The number of carbonyl (C=O) groups excluding carboxylic acids is 1. The Morgan fingerprint density at radius 1 is 1.41 bits per heavy atom. The number of likely N-dealkylation sites (tertiary alicyclic amines) is 1. The third kappa shape index (κ3) is 3.13. The van der Waals surface area contributed by atoms with Crippen LogP contribution in [0.3, 0.4) is 0 Å². The lowest BCUT2D eigenvalue weighted by atomic mass is 10.2. The number of para-hydroxylation sites is 1. The van der Waals surface area contributed by atoms with Gasteiger partial charge in [-0.1, -0.05) is 25.1 Å². The van der Waals surface area contributed by atoms with Crippen molar-refractivity contribution in [1.82, 2.24) is 15.2 Å². The van der Waals surface area contributed by atoms with Gasteiger partial charge in [0.15, 0.2) is 0 Å². The zero-order valence-electron chi connectivity index (χ0n) is 12.8. The third-order valence-electron chi connectivity index (χ3n) is 3.85. The van der Waals surface area contributed by atoms with Gasteiger partial charge in [-0.25, -0.2) is 4.79 Å². The van der Waals surface area contributed by atoms with Crippen LogP contribution in [0.1, 0.15) is 19.8 Å². The largest absolute Gasteiger partial charge is 0.486 e. The molecule has 1 aromatic carbocycles. The van der Waals surface area contributed by atoms with Crippen molar-refractivity contribution < 1.29 is 9.53 Å². The molecule has 0 bridgehead atoms. The van der Waals surface area contributed by atoms with Crippen LogP contribution in [0.2, 0.25) is 0 Å². The molecule has 1 N–H and O–H groups in total. The number of rotatable bonds is 4. The van der Waals surface area contributed by atoms with E-state index in [0.717, 1.165) is 36.0 Å². The van der Waals surface area contributed by atoms with E-state index in [1.807, 2.05) is 42.2 Å². The number of carbonyl (C=O) groups is 1. The number of benzene rings is 1. The number of nitrogens with one attached hydrogen (secondary N) is 1. The Bertz CT molecular complexity index is 654. The highest BCUT2D eigenvalue weighted by molar-refractivity contribution is 5.84. The van der Waals surface area contributed by atoms with Crippen molar-refractivity contribution in [2.24, 2.45) is 0 Å². The SMILES string of the molecule is CCCNC(=O)N1CCC(Oc2cccc3cccnc23)C1. The van der Waals surface area contributed by atoms with E-state index in [4.69, 9.17) is 4.74 Å². The summed E-state index contributed by atoms with van der Waals surface area (Å²) >= 11 is 0. The number of fused-ring (bicyclic) bond motifs is 1. The van der Waals surface area contributed by atoms with Crippen molar-refractivity contribution in [2.75, 3.05) is 19.6 Å². The van der Waals surface area contributed by atoms with Crippen LogP contribution in [-0.4, -0.2) is 41.7 Å². The summed E-state index contributed by atoms with van der Waals surface area (Å²) in [7, 11) is 0. The highest BCUT2D eigenvalue weighted by Gasteiger charge is 2.27. The molecular weight excluding hydrogens is 278 g/mol. The van der Waals surface area contributed by atoms with Gasteiger partial charge in [0.1, 0.15) is 17.4 Å². The second kappa shape index (κ2) is 6.64. The van der Waals surface area contributed by atoms with Crippen LogP contribution in [0.5, 0.6) is 5.75 Å². The number of amides is 2. The second-order valence-corrected chi connectivity index (χ2v) is 5.54. The Hall–Kier alpha value is -2.30. The lowest BCUT2D eigenvalue weighted by Gasteiger charge is -2.18. The molecule has 0 spiro atoms. The third-order valence-corrected chi connectivity index (χ3v) is 3.85. The molecule has 1 fully saturated rings. The summed E-state index contributed by atoms with van der Waals surface area (Å²) in [6.07, 6.45) is 3.60. The number of urea groups is 1. The molecule has 2 heterocycles. The summed E-state index contributed by atoms with van der Waals surface area (Å²) in [5.41, 5.74) is 0.874. The Morgan fingerprint density at radius 2 is 2.27 bits per heavy atom. The number of nitrogens with zero attached hydrogens (tertiary/aromatic N) is 2. The van der Waals surface area contributed by atoms with Gasteiger partial charge in [0.2, 0.25) is 0 Å². The molecule has 0 saturated carbocycles. The molecule has 0 radical (unpaired) electrons. The van der Waals surface area contributed by atoms with Crippen LogP contribution in [0.25, 0.3) is 10.9 Å². The summed E-state index contributed by atoms with van der Waals surface area (Å²) < 4.78 is 6.09. The molecule has 1 unspecified atom stereocenters. The number of pyridine rings is 1. The maximum absolute atomic E-state index is 12.0. The zero-order valence-corrected chi connectivity index (χ0v) is 12.8. The molecule has 1 atom stereocenters. The summed E-state index contributed by atoms with van der Waals surface area (Å²) in [5.74, 6) is 0.791. The quantitative estimate of drug-likeness (QED) is 0.944. The highest BCUT2D eigenvalue weighted by atomic mass is 16.5. The van der Waals surface area contributed by atoms with Gasteiger partial charge in [-0.15, -0.1) is 0 Å². The van der Waals surface area contributed by atoms with Gasteiger partial charge in [0, 0.05) is 31.1 Å². The van der Waals surface area contributed by atoms with Crippen LogP contribution >= 0.6 is 0 Å². The average molecular weight is 299 g/mol. The molecule has 5 nitrogen and oxygen atoms in total. The van der Waals surface area contributed by atoms with Crippen molar-refractivity contribution in [3.8, 4) is 5.75 Å². The lowest BCUT2D eigenvalue weighted by molar-refractivity contribution is 0.188. The first-order valence-electron chi connectivity index (χ1n) is 7.81. The maximum Gasteiger partial charge on any atom is 0.317 e. The average Bonchev–Trinajstić information content (AvgIpc) is 3.01. The van der Waals surface area contributed by atoms with E-state index in [0.29, 0.717) is 13.1 Å². The standard InChI is InChI=1S/C17H21N3O2/c1-2-9-19-17(21)20-11-8-14(12-20)22-15-7-3-5-13-6-4-10-18-16(13)15/h3-7,10,14H,2,8-9,11-12H2,1H3,(H,19,21). The van der Waals surface area contributed by atoms with E-state index in [2.05, 4.69) is 10.3 Å². The fraction of sp³-hybridized carbons (Fsp3) is 0.412. The summed E-state index contributed by atoms with van der Waals surface area (Å²) in [5, 5.41) is 3.97. The van der Waals surface area contributed by atoms with E-state index in [1.54, 1.807) is 6.20 Å². The Kier molecular flexibility index (Phi) is 4.42. The molecule has 2 amide bonds.